The molecule has 1 saturated carbocycles. The summed E-state index contributed by atoms with van der Waals surface area (Å²) in [4.78, 5) is 9.05. The fraction of sp³-hybridized carbons (Fsp3) is 0.625. The van der Waals surface area contributed by atoms with E-state index in [1.165, 1.54) is 43.1 Å². The van der Waals surface area contributed by atoms with Gasteiger partial charge >= 0.3 is 0 Å². The normalized spacial score (nSPS) is 25.6. The highest BCUT2D eigenvalue weighted by Crippen LogP contribution is 2.38. The molecule has 4 rings (SSSR count). The molecule has 2 aromatic rings. The van der Waals surface area contributed by atoms with Crippen molar-refractivity contribution in [3.8, 4) is 0 Å². The van der Waals surface area contributed by atoms with Gasteiger partial charge in [-0.05, 0) is 56.6 Å². The number of aryl methyl sites for hydroxylation is 1. The van der Waals surface area contributed by atoms with Crippen molar-refractivity contribution in [1.29, 1.82) is 0 Å². The van der Waals surface area contributed by atoms with E-state index >= 15 is 0 Å². The highest BCUT2D eigenvalue weighted by Gasteiger charge is 2.27. The lowest BCUT2D eigenvalue weighted by molar-refractivity contribution is 0.489. The standard InChI is InChI=1S/C16H23N5/c17-8-11-4-5-13(7-11)21-9-12-3-1-2-6-18-15-14(12)16(21)20-10-19-15/h9-11,13H,1-8,17H2,(H,18,19,20)/t11-,13+/m1/s1. The van der Waals surface area contributed by atoms with E-state index in [-0.39, 0.29) is 0 Å². The summed E-state index contributed by atoms with van der Waals surface area (Å²) in [5, 5.41) is 4.71. The Morgan fingerprint density at radius 3 is 3.10 bits per heavy atom. The number of rotatable bonds is 2. The molecule has 1 aliphatic heterocycles. The molecule has 1 fully saturated rings. The minimum absolute atomic E-state index is 0.554. The molecule has 0 saturated heterocycles. The second-order valence-corrected chi connectivity index (χ2v) is 6.43. The Hall–Kier alpha value is -1.62. The van der Waals surface area contributed by atoms with Crippen LogP contribution in [0, 0.1) is 5.92 Å². The van der Waals surface area contributed by atoms with Crippen LogP contribution in [-0.4, -0.2) is 27.6 Å². The fourth-order valence-corrected chi connectivity index (χ4v) is 3.93. The number of nitrogens with two attached hydrogens (primary N) is 1. The number of hydrogen-bond acceptors (Lipinski definition) is 4. The molecule has 21 heavy (non-hydrogen) atoms. The van der Waals surface area contributed by atoms with E-state index in [9.17, 15) is 0 Å². The van der Waals surface area contributed by atoms with E-state index in [0.29, 0.717) is 12.0 Å². The second kappa shape index (κ2) is 5.30. The quantitative estimate of drug-likeness (QED) is 0.889. The Labute approximate surface area is 124 Å². The van der Waals surface area contributed by atoms with Crippen LogP contribution < -0.4 is 11.1 Å². The van der Waals surface area contributed by atoms with Crippen molar-refractivity contribution in [3.05, 3.63) is 18.1 Å². The van der Waals surface area contributed by atoms with E-state index in [1.54, 1.807) is 6.33 Å². The third-order valence-electron chi connectivity index (χ3n) is 5.09. The molecule has 0 spiro atoms. The third-order valence-corrected chi connectivity index (χ3v) is 5.09. The topological polar surface area (TPSA) is 68.8 Å². The molecular formula is C16H23N5. The molecule has 3 heterocycles. The van der Waals surface area contributed by atoms with Gasteiger partial charge in [-0.25, -0.2) is 9.97 Å². The van der Waals surface area contributed by atoms with Crippen LogP contribution >= 0.6 is 0 Å². The minimum atomic E-state index is 0.554. The first-order chi connectivity index (χ1) is 10.4. The van der Waals surface area contributed by atoms with Gasteiger partial charge in [-0.15, -0.1) is 0 Å². The van der Waals surface area contributed by atoms with Crippen LogP contribution in [0.4, 0.5) is 5.82 Å². The lowest BCUT2D eigenvalue weighted by Gasteiger charge is -2.14. The number of nitrogens with one attached hydrogen (secondary N) is 1. The Kier molecular flexibility index (Phi) is 3.30. The first-order valence-corrected chi connectivity index (χ1v) is 8.15. The summed E-state index contributed by atoms with van der Waals surface area (Å²) in [6.45, 7) is 1.82. The fourth-order valence-electron chi connectivity index (χ4n) is 3.93. The van der Waals surface area contributed by atoms with Gasteiger partial charge in [0.2, 0.25) is 0 Å². The summed E-state index contributed by atoms with van der Waals surface area (Å²) in [5.74, 6) is 1.69. The van der Waals surface area contributed by atoms with Gasteiger partial charge in [-0.1, -0.05) is 0 Å². The van der Waals surface area contributed by atoms with Crippen LogP contribution in [0.15, 0.2) is 12.5 Å². The molecule has 0 radical (unpaired) electrons. The largest absolute Gasteiger partial charge is 0.369 e. The van der Waals surface area contributed by atoms with Crippen LogP contribution in [-0.2, 0) is 6.42 Å². The van der Waals surface area contributed by atoms with Crippen molar-refractivity contribution in [2.45, 2.75) is 44.6 Å². The van der Waals surface area contributed by atoms with Crippen LogP contribution in [0.1, 0.15) is 43.7 Å². The molecule has 2 aromatic heterocycles. The van der Waals surface area contributed by atoms with Crippen LogP contribution in [0.2, 0.25) is 0 Å². The van der Waals surface area contributed by atoms with E-state index in [4.69, 9.17) is 5.73 Å². The van der Waals surface area contributed by atoms with Crippen LogP contribution in [0.25, 0.3) is 11.0 Å². The van der Waals surface area contributed by atoms with Gasteiger partial charge in [-0.2, -0.15) is 0 Å². The number of anilines is 1. The number of nitrogens with zero attached hydrogens (tertiary/aromatic N) is 3. The average Bonchev–Trinajstić information content (AvgIpc) is 3.09. The zero-order valence-electron chi connectivity index (χ0n) is 12.4. The van der Waals surface area contributed by atoms with Gasteiger partial charge in [0.05, 0.1) is 5.39 Å². The van der Waals surface area contributed by atoms with Crippen LogP contribution in [0.3, 0.4) is 0 Å². The average molecular weight is 285 g/mol. The first-order valence-electron chi connectivity index (χ1n) is 8.15. The molecule has 0 amide bonds. The Bertz CT molecular complexity index is 647. The van der Waals surface area contributed by atoms with Crippen molar-refractivity contribution in [3.63, 3.8) is 0 Å². The van der Waals surface area contributed by atoms with E-state index in [1.807, 2.05) is 0 Å². The number of aromatic nitrogens is 3. The van der Waals surface area contributed by atoms with Gasteiger partial charge in [0.15, 0.2) is 0 Å². The minimum Gasteiger partial charge on any atom is -0.369 e. The summed E-state index contributed by atoms with van der Waals surface area (Å²) < 4.78 is 2.40. The van der Waals surface area contributed by atoms with Crippen molar-refractivity contribution in [2.75, 3.05) is 18.4 Å². The maximum Gasteiger partial charge on any atom is 0.146 e. The summed E-state index contributed by atoms with van der Waals surface area (Å²) in [6.07, 6.45) is 11.3. The summed E-state index contributed by atoms with van der Waals surface area (Å²) in [7, 11) is 0. The van der Waals surface area contributed by atoms with Gasteiger partial charge in [0.1, 0.15) is 17.8 Å². The van der Waals surface area contributed by atoms with Gasteiger partial charge in [-0.3, -0.25) is 0 Å². The molecule has 0 bridgehead atoms. The monoisotopic (exact) mass is 285 g/mol. The maximum atomic E-state index is 5.85. The molecular weight excluding hydrogens is 262 g/mol. The highest BCUT2D eigenvalue weighted by atomic mass is 15.1. The predicted octanol–water partition coefficient (Wildman–Crippen LogP) is 2.48. The van der Waals surface area contributed by atoms with Crippen molar-refractivity contribution >= 4 is 16.9 Å². The summed E-state index contributed by atoms with van der Waals surface area (Å²) >= 11 is 0. The van der Waals surface area contributed by atoms with Gasteiger partial charge < -0.3 is 15.6 Å². The molecule has 3 N–H and O–H groups in total. The molecule has 0 unspecified atom stereocenters. The van der Waals surface area contributed by atoms with E-state index in [2.05, 4.69) is 26.0 Å². The van der Waals surface area contributed by atoms with Crippen molar-refractivity contribution in [1.82, 2.24) is 14.5 Å². The van der Waals surface area contributed by atoms with E-state index < -0.39 is 0 Å². The second-order valence-electron chi connectivity index (χ2n) is 6.43. The molecule has 1 aliphatic carbocycles. The lowest BCUT2D eigenvalue weighted by atomic mass is 10.1. The van der Waals surface area contributed by atoms with Crippen LogP contribution in [0.5, 0.6) is 0 Å². The molecule has 5 heteroatoms. The molecule has 5 nitrogen and oxygen atoms in total. The molecule has 0 aromatic carbocycles. The SMILES string of the molecule is NC[C@@H]1CC[C@H](n2cc3c4c(ncnc42)NCCCC3)C1. The molecule has 2 atom stereocenters. The zero-order valence-corrected chi connectivity index (χ0v) is 12.4. The smallest absolute Gasteiger partial charge is 0.146 e. The Balaban J connectivity index is 1.80. The maximum absolute atomic E-state index is 5.85. The molecule has 2 aliphatic rings. The summed E-state index contributed by atoms with van der Waals surface area (Å²) in [6, 6.07) is 0.554. The van der Waals surface area contributed by atoms with E-state index in [0.717, 1.165) is 31.0 Å². The van der Waals surface area contributed by atoms with Crippen molar-refractivity contribution in [2.24, 2.45) is 11.7 Å². The number of hydrogen-bond donors (Lipinski definition) is 2. The highest BCUT2D eigenvalue weighted by molar-refractivity contribution is 5.91. The van der Waals surface area contributed by atoms with Crippen molar-refractivity contribution < 1.29 is 0 Å². The molecule has 112 valence electrons. The first kappa shape index (κ1) is 13.1. The zero-order chi connectivity index (χ0) is 14.2. The Morgan fingerprint density at radius 2 is 2.24 bits per heavy atom. The third kappa shape index (κ3) is 2.20. The summed E-state index contributed by atoms with van der Waals surface area (Å²) in [5.41, 5.74) is 8.36. The lowest BCUT2D eigenvalue weighted by Crippen LogP contribution is -2.12. The van der Waals surface area contributed by atoms with Gasteiger partial charge in [0, 0.05) is 18.8 Å². The predicted molar refractivity (Wildman–Crippen MR) is 84.4 cm³/mol. The van der Waals surface area contributed by atoms with Gasteiger partial charge in [0.25, 0.3) is 0 Å². The Morgan fingerprint density at radius 1 is 1.29 bits per heavy atom.